The molecule has 0 aromatic heterocycles. The van der Waals surface area contributed by atoms with Gasteiger partial charge in [0.25, 0.3) is 0 Å². The number of rotatable bonds is 9. The Morgan fingerprint density at radius 2 is 1.69 bits per heavy atom. The number of carbonyl (C=O) groups excluding carboxylic acids is 1. The van der Waals surface area contributed by atoms with Crippen LogP contribution in [-0.4, -0.2) is 82.3 Å². The maximum absolute atomic E-state index is 12.3. The van der Waals surface area contributed by atoms with Gasteiger partial charge in [0.05, 0.1) is 27.0 Å². The van der Waals surface area contributed by atoms with E-state index in [2.05, 4.69) is 9.80 Å². The monoisotopic (exact) mass is 491 g/mol. The van der Waals surface area contributed by atoms with Crippen molar-refractivity contribution in [1.29, 1.82) is 0 Å². The van der Waals surface area contributed by atoms with Crippen molar-refractivity contribution in [1.82, 2.24) is 9.80 Å². The van der Waals surface area contributed by atoms with Crippen molar-refractivity contribution in [2.45, 2.75) is 45.1 Å². The van der Waals surface area contributed by atoms with Gasteiger partial charge in [0.1, 0.15) is 0 Å². The first-order valence-electron chi connectivity index (χ1n) is 11.1. The third kappa shape index (κ3) is 7.04. The van der Waals surface area contributed by atoms with Crippen LogP contribution in [0.1, 0.15) is 39.0 Å². The Morgan fingerprint density at radius 1 is 1.00 bits per heavy atom. The summed E-state index contributed by atoms with van der Waals surface area (Å²) >= 11 is 0. The molecule has 2 aliphatic heterocycles. The van der Waals surface area contributed by atoms with Crippen LogP contribution in [0.25, 0.3) is 0 Å². The molecule has 0 aliphatic carbocycles. The van der Waals surface area contributed by atoms with E-state index in [0.29, 0.717) is 23.8 Å². The lowest BCUT2D eigenvalue weighted by Crippen LogP contribution is -2.54. The Morgan fingerprint density at radius 3 is 2.28 bits per heavy atom. The summed E-state index contributed by atoms with van der Waals surface area (Å²) in [7, 11) is 4.76. The average Bonchev–Trinajstić information content (AvgIpc) is 2.77. The maximum Gasteiger partial charge on any atom is 0.223 e. The fraction of sp³-hybridized carbons (Fsp3) is 0.696. The summed E-state index contributed by atoms with van der Waals surface area (Å²) in [5.74, 6) is 1.67. The van der Waals surface area contributed by atoms with E-state index in [1.54, 1.807) is 33.2 Å². The van der Waals surface area contributed by atoms with Crippen LogP contribution >= 0.6 is 24.8 Å². The highest BCUT2D eigenvalue weighted by Gasteiger charge is 2.28. The van der Waals surface area contributed by atoms with Gasteiger partial charge in [-0.15, -0.1) is 24.8 Å². The lowest BCUT2D eigenvalue weighted by molar-refractivity contribution is -0.116. The standard InChI is InChI=1S/C23H37N3O4.2ClH/c1-18(27)26(20-15-21(28-2)23(30-4)22(16-20)29-3)12-8-7-10-24-13-14-25-11-6-5-9-19(25)17-24;;/h15-16,19H,5-14,17H2,1-4H3;2*1H. The number of piperidine rings is 1. The van der Waals surface area contributed by atoms with Crippen LogP contribution in [0, 0.1) is 0 Å². The molecule has 1 aromatic rings. The van der Waals surface area contributed by atoms with E-state index in [1.807, 2.05) is 12.1 Å². The number of hydrogen-bond donors (Lipinski definition) is 0. The molecule has 0 bridgehead atoms. The van der Waals surface area contributed by atoms with Gasteiger partial charge in [0, 0.05) is 51.3 Å². The number of methoxy groups -OCH3 is 3. The van der Waals surface area contributed by atoms with Gasteiger partial charge in [-0.1, -0.05) is 6.42 Å². The molecule has 0 saturated carbocycles. The molecule has 32 heavy (non-hydrogen) atoms. The van der Waals surface area contributed by atoms with E-state index in [1.165, 1.54) is 45.4 Å². The SMILES string of the molecule is COc1cc(N(CCCCN2CCN3CCCCC3C2)C(C)=O)cc(OC)c1OC.Cl.Cl. The number of fused-ring (bicyclic) bond motifs is 1. The molecule has 1 atom stereocenters. The van der Waals surface area contributed by atoms with Gasteiger partial charge in [0.15, 0.2) is 11.5 Å². The van der Waals surface area contributed by atoms with Crippen molar-refractivity contribution in [3.63, 3.8) is 0 Å². The topological polar surface area (TPSA) is 54.5 Å². The van der Waals surface area contributed by atoms with Gasteiger partial charge < -0.3 is 24.0 Å². The van der Waals surface area contributed by atoms with Gasteiger partial charge >= 0.3 is 0 Å². The molecule has 184 valence electrons. The zero-order chi connectivity index (χ0) is 21.5. The van der Waals surface area contributed by atoms with Crippen LogP contribution < -0.4 is 19.1 Å². The maximum atomic E-state index is 12.3. The highest BCUT2D eigenvalue weighted by molar-refractivity contribution is 5.92. The first-order chi connectivity index (χ1) is 14.6. The number of halogens is 2. The first-order valence-corrected chi connectivity index (χ1v) is 11.1. The molecule has 1 unspecified atom stereocenters. The van der Waals surface area contributed by atoms with Crippen LogP contribution in [-0.2, 0) is 4.79 Å². The van der Waals surface area contributed by atoms with Crippen molar-refractivity contribution in [2.75, 3.05) is 65.5 Å². The summed E-state index contributed by atoms with van der Waals surface area (Å²) in [6, 6.07) is 4.43. The van der Waals surface area contributed by atoms with E-state index in [4.69, 9.17) is 14.2 Å². The molecule has 0 spiro atoms. The van der Waals surface area contributed by atoms with Gasteiger partial charge in [-0.25, -0.2) is 0 Å². The largest absolute Gasteiger partial charge is 0.493 e. The van der Waals surface area contributed by atoms with Crippen molar-refractivity contribution in [2.24, 2.45) is 0 Å². The molecule has 2 fully saturated rings. The molecule has 2 aliphatic rings. The fourth-order valence-electron chi connectivity index (χ4n) is 4.72. The summed E-state index contributed by atoms with van der Waals surface area (Å²) in [6.45, 7) is 8.23. The van der Waals surface area contributed by atoms with Crippen LogP contribution in [0.3, 0.4) is 0 Å². The van der Waals surface area contributed by atoms with E-state index >= 15 is 0 Å². The number of carbonyl (C=O) groups is 1. The van der Waals surface area contributed by atoms with E-state index < -0.39 is 0 Å². The lowest BCUT2D eigenvalue weighted by Gasteiger charge is -2.44. The molecule has 2 heterocycles. The van der Waals surface area contributed by atoms with Crippen LogP contribution in [0.4, 0.5) is 5.69 Å². The lowest BCUT2D eigenvalue weighted by atomic mass is 9.99. The van der Waals surface area contributed by atoms with Crippen LogP contribution in [0.2, 0.25) is 0 Å². The summed E-state index contributed by atoms with van der Waals surface area (Å²) in [5, 5.41) is 0. The van der Waals surface area contributed by atoms with E-state index in [9.17, 15) is 4.79 Å². The minimum atomic E-state index is 0. The Balaban J connectivity index is 0.00000256. The van der Waals surface area contributed by atoms with Crippen LogP contribution in [0.15, 0.2) is 12.1 Å². The minimum Gasteiger partial charge on any atom is -0.493 e. The quantitative estimate of drug-likeness (QED) is 0.488. The third-order valence-corrected chi connectivity index (χ3v) is 6.37. The number of piperazine rings is 1. The van der Waals surface area contributed by atoms with Crippen molar-refractivity contribution in [3.05, 3.63) is 12.1 Å². The van der Waals surface area contributed by atoms with Gasteiger partial charge in [0.2, 0.25) is 11.7 Å². The second-order valence-electron chi connectivity index (χ2n) is 8.25. The normalized spacial score (nSPS) is 18.6. The highest BCUT2D eigenvalue weighted by Crippen LogP contribution is 2.41. The molecule has 3 rings (SSSR count). The smallest absolute Gasteiger partial charge is 0.223 e. The minimum absolute atomic E-state index is 0. The molecular weight excluding hydrogens is 453 g/mol. The number of ether oxygens (including phenoxy) is 3. The molecule has 9 heteroatoms. The first kappa shape index (κ1) is 28.6. The zero-order valence-corrected chi connectivity index (χ0v) is 21.4. The summed E-state index contributed by atoms with van der Waals surface area (Å²) in [5.41, 5.74) is 0.771. The predicted molar refractivity (Wildman–Crippen MR) is 134 cm³/mol. The molecule has 0 radical (unpaired) electrons. The number of amides is 1. The number of hydrogen-bond acceptors (Lipinski definition) is 6. The molecule has 1 amide bonds. The van der Waals surface area contributed by atoms with Crippen molar-refractivity contribution >= 4 is 36.4 Å². The number of nitrogens with zero attached hydrogens (tertiary/aromatic N) is 3. The third-order valence-electron chi connectivity index (χ3n) is 6.37. The van der Waals surface area contributed by atoms with Crippen molar-refractivity contribution < 1.29 is 19.0 Å². The Kier molecular flexibility index (Phi) is 12.5. The molecule has 0 N–H and O–H groups in total. The molecule has 7 nitrogen and oxygen atoms in total. The van der Waals surface area contributed by atoms with E-state index in [-0.39, 0.29) is 30.7 Å². The summed E-state index contributed by atoms with van der Waals surface area (Å²) < 4.78 is 16.3. The number of benzene rings is 1. The second kappa shape index (κ2) is 14.0. The molecule has 2 saturated heterocycles. The molecular formula is C23H39Cl2N3O4. The van der Waals surface area contributed by atoms with Gasteiger partial charge in [-0.3, -0.25) is 9.69 Å². The van der Waals surface area contributed by atoms with Gasteiger partial charge in [-0.05, 0) is 38.8 Å². The van der Waals surface area contributed by atoms with Crippen molar-refractivity contribution in [3.8, 4) is 17.2 Å². The highest BCUT2D eigenvalue weighted by atomic mass is 35.5. The Bertz CT molecular complexity index is 697. The molecule has 1 aromatic carbocycles. The zero-order valence-electron chi connectivity index (χ0n) is 19.8. The Labute approximate surface area is 205 Å². The fourth-order valence-corrected chi connectivity index (χ4v) is 4.72. The average molecular weight is 492 g/mol. The Hall–Kier alpha value is -1.41. The summed E-state index contributed by atoms with van der Waals surface area (Å²) in [4.78, 5) is 19.4. The number of unbranched alkanes of at least 4 members (excludes halogenated alkanes) is 1. The van der Waals surface area contributed by atoms with E-state index in [0.717, 1.165) is 31.1 Å². The number of anilines is 1. The predicted octanol–water partition coefficient (Wildman–Crippen LogP) is 3.86. The second-order valence-corrected chi connectivity index (χ2v) is 8.25. The van der Waals surface area contributed by atoms with Gasteiger partial charge in [-0.2, -0.15) is 0 Å². The summed E-state index contributed by atoms with van der Waals surface area (Å²) in [6.07, 6.45) is 6.12. The van der Waals surface area contributed by atoms with Crippen LogP contribution in [0.5, 0.6) is 17.2 Å².